The molecule has 182 valence electrons. The maximum absolute atomic E-state index is 10.9. The van der Waals surface area contributed by atoms with Crippen LogP contribution in [-0.2, 0) is 10.8 Å². The number of anilines is 1. The number of nitro groups is 1. The number of piperidine rings is 2. The summed E-state index contributed by atoms with van der Waals surface area (Å²) in [6.45, 7) is 9.29. The molecule has 0 bridgehead atoms. The minimum absolute atomic E-state index is 0.207. The molecule has 0 amide bonds. The Morgan fingerprint density at radius 2 is 1.29 bits per heavy atom. The molecule has 2 heterocycles. The molecule has 6 rings (SSSR count). The van der Waals surface area contributed by atoms with Crippen molar-refractivity contribution in [2.75, 3.05) is 46.0 Å². The summed E-state index contributed by atoms with van der Waals surface area (Å²) in [5.41, 5.74) is 10.3. The van der Waals surface area contributed by atoms with Crippen molar-refractivity contribution in [3.8, 4) is 0 Å². The van der Waals surface area contributed by atoms with Crippen molar-refractivity contribution in [2.24, 2.45) is 23.7 Å². The summed E-state index contributed by atoms with van der Waals surface area (Å²) in [7, 11) is 4.38. The number of nitrogens with zero attached hydrogens (tertiary/aromatic N) is 3. The van der Waals surface area contributed by atoms with Crippen LogP contribution in [0.15, 0.2) is 48.5 Å². The zero-order chi connectivity index (χ0) is 24.3. The number of hydrogen-bond acceptors (Lipinski definition) is 5. The van der Waals surface area contributed by atoms with Gasteiger partial charge in [0.15, 0.2) is 0 Å². The van der Waals surface area contributed by atoms with Crippen LogP contribution >= 0.6 is 0 Å². The van der Waals surface area contributed by atoms with E-state index in [0.29, 0.717) is 17.3 Å². The van der Waals surface area contributed by atoms with Crippen LogP contribution in [0.25, 0.3) is 0 Å². The van der Waals surface area contributed by atoms with Crippen molar-refractivity contribution in [3.63, 3.8) is 0 Å². The summed E-state index contributed by atoms with van der Waals surface area (Å²) in [6, 6.07) is 15.8. The van der Waals surface area contributed by atoms with Gasteiger partial charge in [0, 0.05) is 54.8 Å². The number of nitrogens with two attached hydrogens (primary N) is 1. The molecular weight excluding hydrogens is 424 g/mol. The second-order valence-corrected chi connectivity index (χ2v) is 11.1. The molecule has 2 aromatic carbocycles. The molecule has 6 atom stereocenters. The van der Waals surface area contributed by atoms with Crippen LogP contribution in [0, 0.1) is 33.8 Å². The second kappa shape index (κ2) is 8.35. The zero-order valence-electron chi connectivity index (χ0n) is 20.9. The third-order valence-corrected chi connectivity index (χ3v) is 9.62. The van der Waals surface area contributed by atoms with Crippen molar-refractivity contribution in [1.29, 1.82) is 0 Å². The quantitative estimate of drug-likeness (QED) is 0.401. The number of nitro benzene ring substituents is 1. The smallest absolute Gasteiger partial charge is 0.269 e. The summed E-state index contributed by atoms with van der Waals surface area (Å²) < 4.78 is 0. The van der Waals surface area contributed by atoms with Crippen molar-refractivity contribution < 1.29 is 4.92 Å². The number of non-ortho nitro benzene ring substituents is 1. The predicted molar refractivity (Wildman–Crippen MR) is 137 cm³/mol. The van der Waals surface area contributed by atoms with Gasteiger partial charge in [0.2, 0.25) is 0 Å². The maximum Gasteiger partial charge on any atom is 0.269 e. The average Bonchev–Trinajstić information content (AvgIpc) is 3.43. The van der Waals surface area contributed by atoms with Crippen LogP contribution in [0.4, 0.5) is 11.4 Å². The Hall–Kier alpha value is -2.44. The highest BCUT2D eigenvalue weighted by Gasteiger charge is 2.67. The lowest BCUT2D eigenvalue weighted by molar-refractivity contribution is -0.384. The Morgan fingerprint density at radius 3 is 1.71 bits per heavy atom. The Morgan fingerprint density at radius 1 is 0.853 bits per heavy atom. The van der Waals surface area contributed by atoms with Gasteiger partial charge in [-0.1, -0.05) is 38.1 Å². The zero-order valence-corrected chi connectivity index (χ0v) is 20.9. The van der Waals surface area contributed by atoms with Gasteiger partial charge >= 0.3 is 0 Å². The van der Waals surface area contributed by atoms with E-state index in [1.54, 1.807) is 12.1 Å². The summed E-state index contributed by atoms with van der Waals surface area (Å²) in [5, 5.41) is 10.9. The highest BCUT2D eigenvalue weighted by atomic mass is 16.6. The van der Waals surface area contributed by atoms with E-state index < -0.39 is 0 Å². The van der Waals surface area contributed by atoms with Gasteiger partial charge in [-0.15, -0.1) is 0 Å². The Kier molecular flexibility index (Phi) is 5.72. The lowest BCUT2D eigenvalue weighted by atomic mass is 9.87. The molecular formula is C28H38N4O2. The number of benzene rings is 2. The molecule has 0 radical (unpaired) electrons. The SMILES string of the molecule is CCC1(c2cccc(N)c2)[C@@H]2CN(C)C[C@@H]21.CCC1(c2cccc([N+](=O)[O-])c2)[C@@H]2CN(C)C[C@@H]21. The lowest BCUT2D eigenvalue weighted by Gasteiger charge is -2.24. The molecule has 2 unspecified atom stereocenters. The molecule has 6 nitrogen and oxygen atoms in total. The number of likely N-dealkylation sites (tertiary alicyclic amines) is 2. The topological polar surface area (TPSA) is 75.6 Å². The van der Waals surface area contributed by atoms with Crippen LogP contribution in [0.1, 0.15) is 37.8 Å². The van der Waals surface area contributed by atoms with Gasteiger partial charge in [-0.25, -0.2) is 0 Å². The third kappa shape index (κ3) is 3.45. The van der Waals surface area contributed by atoms with Crippen LogP contribution in [0.2, 0.25) is 0 Å². The van der Waals surface area contributed by atoms with E-state index in [4.69, 9.17) is 5.73 Å². The van der Waals surface area contributed by atoms with E-state index in [0.717, 1.165) is 37.0 Å². The van der Waals surface area contributed by atoms with E-state index in [1.807, 2.05) is 12.1 Å². The molecule has 2 saturated heterocycles. The lowest BCUT2D eigenvalue weighted by Crippen LogP contribution is -2.27. The highest BCUT2D eigenvalue weighted by Crippen LogP contribution is 2.66. The average molecular weight is 463 g/mol. The molecule has 2 saturated carbocycles. The Balaban J connectivity index is 0.000000142. The minimum atomic E-state index is -0.294. The fourth-order valence-electron chi connectivity index (χ4n) is 7.91. The molecule has 2 aliphatic heterocycles. The number of fused-ring (bicyclic) bond motifs is 2. The predicted octanol–water partition coefficient (Wildman–Crippen LogP) is 4.54. The summed E-state index contributed by atoms with van der Waals surface area (Å²) in [4.78, 5) is 15.4. The van der Waals surface area contributed by atoms with Gasteiger partial charge in [-0.3, -0.25) is 10.1 Å². The standard InChI is InChI=1S/C14H18N2O2.C14H20N2/c1-3-14(12-8-15(2)9-13(12)14)10-5-4-6-11(7-10)16(17)18;1-3-14(10-5-4-6-11(15)7-10)12-8-16(2)9-13(12)14/h4-7,12-13H,3,8-9H2,1-2H3;4-7,12-13H,3,8-9,15H2,1-2H3/t2*12-,13+,14?. The molecule has 2 N–H and O–H groups in total. The third-order valence-electron chi connectivity index (χ3n) is 9.62. The van der Waals surface area contributed by atoms with Crippen molar-refractivity contribution >= 4 is 11.4 Å². The minimum Gasteiger partial charge on any atom is -0.399 e. The van der Waals surface area contributed by atoms with Gasteiger partial charge in [-0.05, 0) is 73.9 Å². The first-order valence-electron chi connectivity index (χ1n) is 12.8. The molecule has 2 aromatic rings. The van der Waals surface area contributed by atoms with E-state index in [2.05, 4.69) is 62.0 Å². The van der Waals surface area contributed by atoms with Crippen LogP contribution in [-0.4, -0.2) is 55.0 Å². The molecule has 0 aromatic heterocycles. The molecule has 4 fully saturated rings. The molecule has 6 heteroatoms. The van der Waals surface area contributed by atoms with Crippen LogP contribution in [0.5, 0.6) is 0 Å². The van der Waals surface area contributed by atoms with E-state index in [-0.39, 0.29) is 16.0 Å². The normalized spacial score (nSPS) is 35.8. The monoisotopic (exact) mass is 462 g/mol. The van der Waals surface area contributed by atoms with E-state index >= 15 is 0 Å². The summed E-state index contributed by atoms with van der Waals surface area (Å²) >= 11 is 0. The maximum atomic E-state index is 10.9. The largest absolute Gasteiger partial charge is 0.399 e. The first-order valence-corrected chi connectivity index (χ1v) is 12.8. The van der Waals surface area contributed by atoms with Crippen LogP contribution in [0.3, 0.4) is 0 Å². The Bertz CT molecular complexity index is 1060. The molecule has 2 aliphatic carbocycles. The molecule has 4 aliphatic rings. The van der Waals surface area contributed by atoms with E-state index in [1.165, 1.54) is 30.6 Å². The van der Waals surface area contributed by atoms with E-state index in [9.17, 15) is 10.1 Å². The molecule has 34 heavy (non-hydrogen) atoms. The number of hydrogen-bond donors (Lipinski definition) is 1. The highest BCUT2D eigenvalue weighted by molar-refractivity contribution is 5.48. The summed E-state index contributed by atoms with van der Waals surface area (Å²) in [6.07, 6.45) is 2.33. The summed E-state index contributed by atoms with van der Waals surface area (Å²) in [5.74, 6) is 3.11. The first-order chi connectivity index (χ1) is 16.3. The fourth-order valence-corrected chi connectivity index (χ4v) is 7.91. The van der Waals surface area contributed by atoms with Crippen molar-refractivity contribution in [3.05, 3.63) is 69.8 Å². The van der Waals surface area contributed by atoms with Gasteiger partial charge in [0.25, 0.3) is 5.69 Å². The first kappa shape index (κ1) is 23.3. The number of rotatable bonds is 5. The fraction of sp³-hybridized carbons (Fsp3) is 0.571. The van der Waals surface area contributed by atoms with Gasteiger partial charge in [-0.2, -0.15) is 0 Å². The Labute approximate surface area is 203 Å². The van der Waals surface area contributed by atoms with Gasteiger partial charge in [0.05, 0.1) is 4.92 Å². The number of nitrogen functional groups attached to an aromatic ring is 1. The molecule has 0 spiro atoms. The van der Waals surface area contributed by atoms with Crippen molar-refractivity contribution in [1.82, 2.24) is 9.80 Å². The van der Waals surface area contributed by atoms with Crippen molar-refractivity contribution in [2.45, 2.75) is 37.5 Å². The van der Waals surface area contributed by atoms with Crippen LogP contribution < -0.4 is 5.73 Å². The van der Waals surface area contributed by atoms with Gasteiger partial charge in [0.1, 0.15) is 0 Å². The second-order valence-electron chi connectivity index (χ2n) is 11.1. The van der Waals surface area contributed by atoms with Gasteiger partial charge < -0.3 is 15.5 Å².